The molecule has 0 aliphatic heterocycles. The third-order valence-electron chi connectivity index (χ3n) is 1.92. The largest absolute Gasteiger partial charge is 0.463 e. The first kappa shape index (κ1) is 15.4. The summed E-state index contributed by atoms with van der Waals surface area (Å²) in [5, 5.41) is 0. The van der Waals surface area contributed by atoms with Gasteiger partial charge in [-0.1, -0.05) is 57.7 Å². The number of esters is 1. The number of alkyl halides is 2. The van der Waals surface area contributed by atoms with Crippen LogP contribution in [0.2, 0.25) is 0 Å². The smallest absolute Gasteiger partial charge is 0.330 e. The molecule has 0 atom stereocenters. The minimum atomic E-state index is -0.325. The first-order valence-electron chi connectivity index (χ1n) is 5.13. The Morgan fingerprint density at radius 1 is 1.33 bits per heavy atom. The van der Waals surface area contributed by atoms with Crippen LogP contribution in [0.3, 0.4) is 0 Å². The maximum Gasteiger partial charge on any atom is 0.330 e. The molecule has 15 heavy (non-hydrogen) atoms. The molecule has 0 N–H and O–H groups in total. The van der Waals surface area contributed by atoms with E-state index in [1.54, 1.807) is 0 Å². The second kappa shape index (κ2) is 8.53. The van der Waals surface area contributed by atoms with E-state index in [2.05, 4.69) is 38.4 Å². The van der Waals surface area contributed by atoms with Crippen LogP contribution >= 0.6 is 31.9 Å². The average molecular weight is 358 g/mol. The Morgan fingerprint density at radius 3 is 2.47 bits per heavy atom. The Balaban J connectivity index is 3.19. The summed E-state index contributed by atoms with van der Waals surface area (Å²) in [7, 11) is 1.10. The number of unbranched alkanes of at least 4 members (excludes halogenated alkanes) is 3. The number of carbonyl (C=O) groups is 1. The molecule has 0 aromatic heterocycles. The molecule has 0 aliphatic carbocycles. The predicted octanol–water partition coefficient (Wildman–Crippen LogP) is 2.48. The summed E-state index contributed by atoms with van der Waals surface area (Å²) in [5.41, 5.74) is 0. The molecule has 0 fully saturated rings. The molecule has 0 spiro atoms. The monoisotopic (exact) mass is 356 g/mol. The van der Waals surface area contributed by atoms with E-state index in [4.69, 9.17) is 4.74 Å². The van der Waals surface area contributed by atoms with E-state index in [1.807, 2.05) is 0 Å². The number of rotatable bonds is 8. The normalized spacial score (nSPS) is 11.3. The van der Waals surface area contributed by atoms with Crippen molar-refractivity contribution in [3.8, 4) is 0 Å². The molecular formula is C10H18Br2O2Si. The second-order valence-corrected chi connectivity index (χ2v) is 12.8. The van der Waals surface area contributed by atoms with Gasteiger partial charge < -0.3 is 4.74 Å². The molecule has 2 nitrogen and oxygen atoms in total. The maximum atomic E-state index is 10.7. The summed E-state index contributed by atoms with van der Waals surface area (Å²) >= 11 is 7.18. The molecule has 0 unspecified atom stereocenters. The van der Waals surface area contributed by atoms with Crippen LogP contribution in [-0.4, -0.2) is 25.7 Å². The van der Waals surface area contributed by atoms with Gasteiger partial charge in [0.2, 0.25) is 0 Å². The molecule has 0 saturated heterocycles. The molecular weight excluding hydrogens is 340 g/mol. The highest BCUT2D eigenvalue weighted by Crippen LogP contribution is 2.28. The van der Waals surface area contributed by atoms with Gasteiger partial charge in [-0.2, -0.15) is 0 Å². The second-order valence-electron chi connectivity index (χ2n) is 3.61. The van der Waals surface area contributed by atoms with Crippen molar-refractivity contribution in [2.75, 3.05) is 6.61 Å². The molecule has 0 aliphatic rings. The highest BCUT2D eigenvalue weighted by molar-refractivity contribution is 9.26. The van der Waals surface area contributed by atoms with Crippen molar-refractivity contribution in [2.45, 2.75) is 35.0 Å². The third-order valence-corrected chi connectivity index (χ3v) is 3.21. The van der Waals surface area contributed by atoms with Gasteiger partial charge in [-0.25, -0.2) is 4.79 Å². The lowest BCUT2D eigenvalue weighted by Crippen LogP contribution is -2.09. The van der Waals surface area contributed by atoms with E-state index in [9.17, 15) is 4.79 Å². The first-order chi connectivity index (χ1) is 6.95. The van der Waals surface area contributed by atoms with Crippen LogP contribution < -0.4 is 0 Å². The van der Waals surface area contributed by atoms with Gasteiger partial charge in [-0.05, 0) is 12.8 Å². The molecule has 0 radical (unpaired) electrons. The van der Waals surface area contributed by atoms with Crippen LogP contribution in [0.15, 0.2) is 12.7 Å². The highest BCUT2D eigenvalue weighted by atomic mass is 79.9. The Morgan fingerprint density at radius 2 is 1.93 bits per heavy atom. The zero-order chi connectivity index (χ0) is 11.7. The summed E-state index contributed by atoms with van der Waals surface area (Å²) in [6.45, 7) is 3.85. The van der Waals surface area contributed by atoms with Crippen LogP contribution in [0.5, 0.6) is 0 Å². The number of hydrogen-bond donors (Lipinski definition) is 0. The van der Waals surface area contributed by atoms with E-state index in [0.717, 1.165) is 29.5 Å². The third kappa shape index (κ3) is 12.3. The Bertz CT molecular complexity index is 202. The molecule has 0 rings (SSSR count). The predicted molar refractivity (Wildman–Crippen MR) is 74.8 cm³/mol. The summed E-state index contributed by atoms with van der Waals surface area (Å²) in [6.07, 6.45) is 6.81. The van der Waals surface area contributed by atoms with Crippen molar-refractivity contribution >= 4 is 48.1 Å². The Hall–Kier alpha value is 0.387. The van der Waals surface area contributed by atoms with E-state index >= 15 is 0 Å². The Labute approximate surface area is 112 Å². The molecule has 0 heterocycles. The minimum absolute atomic E-state index is 0.204. The van der Waals surface area contributed by atoms with Crippen LogP contribution in [-0.2, 0) is 9.53 Å². The molecule has 88 valence electrons. The number of carbonyl (C=O) groups excluding carboxylic acids is 1. The number of halogens is 2. The van der Waals surface area contributed by atoms with Crippen molar-refractivity contribution < 1.29 is 9.53 Å². The van der Waals surface area contributed by atoms with Gasteiger partial charge in [-0.15, -0.1) is 0 Å². The lowest BCUT2D eigenvalue weighted by atomic mass is 10.2. The summed E-state index contributed by atoms with van der Waals surface area (Å²) in [4.78, 5) is 10.7. The molecule has 5 heteroatoms. The minimum Gasteiger partial charge on any atom is -0.463 e. The van der Waals surface area contributed by atoms with Gasteiger partial charge in [0.05, 0.1) is 9.46 Å². The van der Waals surface area contributed by atoms with E-state index in [1.165, 1.54) is 18.9 Å². The van der Waals surface area contributed by atoms with Crippen LogP contribution in [0.4, 0.5) is 0 Å². The van der Waals surface area contributed by atoms with Gasteiger partial charge in [0.25, 0.3) is 0 Å². The van der Waals surface area contributed by atoms with Crippen molar-refractivity contribution in [3.05, 3.63) is 12.7 Å². The molecule has 0 aromatic carbocycles. The van der Waals surface area contributed by atoms with Gasteiger partial charge in [0, 0.05) is 16.3 Å². The highest BCUT2D eigenvalue weighted by Gasteiger charge is 2.13. The Kier molecular flexibility index (Phi) is 8.75. The van der Waals surface area contributed by atoms with E-state index in [-0.39, 0.29) is 8.83 Å². The maximum absolute atomic E-state index is 10.7. The lowest BCUT2D eigenvalue weighted by molar-refractivity contribution is -0.137. The average Bonchev–Trinajstić information content (AvgIpc) is 2.14. The van der Waals surface area contributed by atoms with Gasteiger partial charge in [0.15, 0.2) is 0 Å². The van der Waals surface area contributed by atoms with Crippen LogP contribution in [0.25, 0.3) is 0 Å². The number of hydrogen-bond acceptors (Lipinski definition) is 2. The standard InChI is InChI=1S/C10H18Br2O2Si/c1-2-9(13)14-8-6-4-3-5-7-10(11,12)15/h2H,1,3-8H2,15H3. The SMILES string of the molecule is C=CC(=O)OCCCCCCC([SiH3])(Br)Br. The van der Waals surface area contributed by atoms with Gasteiger partial charge >= 0.3 is 5.97 Å². The molecule has 0 amide bonds. The van der Waals surface area contributed by atoms with Crippen molar-refractivity contribution in [1.29, 1.82) is 0 Å². The quantitative estimate of drug-likeness (QED) is 0.219. The lowest BCUT2D eigenvalue weighted by Gasteiger charge is -2.12. The zero-order valence-corrected chi connectivity index (χ0v) is 14.3. The fraction of sp³-hybridized carbons (Fsp3) is 0.700. The zero-order valence-electron chi connectivity index (χ0n) is 9.10. The van der Waals surface area contributed by atoms with Crippen molar-refractivity contribution in [3.63, 3.8) is 0 Å². The van der Waals surface area contributed by atoms with Gasteiger partial charge in [-0.3, -0.25) is 0 Å². The molecule has 0 bridgehead atoms. The van der Waals surface area contributed by atoms with Gasteiger partial charge in [0.1, 0.15) is 0 Å². The fourth-order valence-electron chi connectivity index (χ4n) is 1.12. The summed E-state index contributed by atoms with van der Waals surface area (Å²) in [6, 6.07) is 0. The van der Waals surface area contributed by atoms with Crippen LogP contribution in [0, 0.1) is 0 Å². The van der Waals surface area contributed by atoms with E-state index in [0.29, 0.717) is 6.61 Å². The summed E-state index contributed by atoms with van der Waals surface area (Å²) < 4.78 is 5.07. The molecule has 0 saturated carbocycles. The van der Waals surface area contributed by atoms with Crippen molar-refractivity contribution in [2.24, 2.45) is 0 Å². The van der Waals surface area contributed by atoms with Crippen molar-refractivity contribution in [1.82, 2.24) is 0 Å². The first-order valence-corrected chi connectivity index (χ1v) is 7.71. The van der Waals surface area contributed by atoms with E-state index < -0.39 is 0 Å². The topological polar surface area (TPSA) is 26.3 Å². The summed E-state index contributed by atoms with van der Waals surface area (Å²) in [5.74, 6) is -0.325. The fourth-order valence-corrected chi connectivity index (χ4v) is 2.04. The van der Waals surface area contributed by atoms with Crippen LogP contribution in [0.1, 0.15) is 32.1 Å². The number of ether oxygens (including phenoxy) is 1. The molecule has 0 aromatic rings.